The number of aliphatic carboxylic acids is 1. The Balaban J connectivity index is 1.70. The molecule has 0 atom stereocenters. The molecule has 1 fully saturated rings. The number of likely N-dealkylation sites (N-methyl/N-ethyl adjacent to an activating group) is 1. The predicted octanol–water partition coefficient (Wildman–Crippen LogP) is 2.58. The molecule has 116 valence electrons. The van der Waals surface area contributed by atoms with Gasteiger partial charge in [-0.2, -0.15) is 0 Å². The van der Waals surface area contributed by atoms with Gasteiger partial charge in [-0.05, 0) is 43.6 Å². The molecule has 1 aliphatic rings. The summed E-state index contributed by atoms with van der Waals surface area (Å²) in [5.41, 5.74) is 0. The van der Waals surface area contributed by atoms with E-state index in [1.807, 2.05) is 11.4 Å². The summed E-state index contributed by atoms with van der Waals surface area (Å²) in [7, 11) is 1.80. The molecule has 1 aromatic rings. The van der Waals surface area contributed by atoms with E-state index in [1.165, 1.54) is 4.88 Å². The summed E-state index contributed by atoms with van der Waals surface area (Å²) < 4.78 is 0. The molecule has 21 heavy (non-hydrogen) atoms. The Morgan fingerprint density at radius 3 is 2.67 bits per heavy atom. The van der Waals surface area contributed by atoms with Crippen molar-refractivity contribution in [2.24, 2.45) is 5.92 Å². The van der Waals surface area contributed by atoms with Crippen LogP contribution in [0.1, 0.15) is 30.6 Å². The molecule has 0 unspecified atom stereocenters. The van der Waals surface area contributed by atoms with E-state index in [2.05, 4.69) is 11.4 Å². The first kappa shape index (κ1) is 15.8. The van der Waals surface area contributed by atoms with Crippen LogP contribution in [0.15, 0.2) is 17.5 Å². The standard InChI is InChI=1S/C15H22N2O3S/c1-17(9-8-13-3-2-10-21-13)15(20)16-12-6-4-11(5-7-12)14(18)19/h2-3,10-12H,4-9H2,1H3,(H,16,20)(H,18,19). The number of urea groups is 1. The second-order valence-electron chi connectivity index (χ2n) is 5.59. The van der Waals surface area contributed by atoms with Crippen LogP contribution in [0.4, 0.5) is 4.79 Å². The van der Waals surface area contributed by atoms with Crippen molar-refractivity contribution in [3.05, 3.63) is 22.4 Å². The molecular weight excluding hydrogens is 288 g/mol. The highest BCUT2D eigenvalue weighted by Crippen LogP contribution is 2.24. The zero-order valence-corrected chi connectivity index (χ0v) is 13.1. The largest absolute Gasteiger partial charge is 0.481 e. The number of thiophene rings is 1. The van der Waals surface area contributed by atoms with Gasteiger partial charge in [-0.25, -0.2) is 4.79 Å². The second-order valence-corrected chi connectivity index (χ2v) is 6.62. The lowest BCUT2D eigenvalue weighted by Crippen LogP contribution is -2.45. The molecule has 0 saturated heterocycles. The third-order valence-electron chi connectivity index (χ3n) is 4.02. The maximum absolute atomic E-state index is 12.1. The second kappa shape index (κ2) is 7.45. The molecule has 0 bridgehead atoms. The Morgan fingerprint density at radius 1 is 1.38 bits per heavy atom. The summed E-state index contributed by atoms with van der Waals surface area (Å²) in [6.45, 7) is 0.691. The highest BCUT2D eigenvalue weighted by molar-refractivity contribution is 7.09. The average Bonchev–Trinajstić information content (AvgIpc) is 2.98. The molecule has 6 heteroatoms. The van der Waals surface area contributed by atoms with Crippen LogP contribution in [0.25, 0.3) is 0 Å². The Hall–Kier alpha value is -1.56. The molecule has 1 heterocycles. The zero-order valence-electron chi connectivity index (χ0n) is 12.2. The van der Waals surface area contributed by atoms with Gasteiger partial charge in [0.15, 0.2) is 0 Å². The molecule has 2 rings (SSSR count). The van der Waals surface area contributed by atoms with Crippen LogP contribution in [0.3, 0.4) is 0 Å². The fourth-order valence-corrected chi connectivity index (χ4v) is 3.30. The maximum atomic E-state index is 12.1. The minimum Gasteiger partial charge on any atom is -0.481 e. The number of rotatable bonds is 5. The van der Waals surface area contributed by atoms with Crippen LogP contribution in [-0.4, -0.2) is 41.6 Å². The first-order chi connectivity index (χ1) is 10.1. The van der Waals surface area contributed by atoms with E-state index in [1.54, 1.807) is 23.3 Å². The lowest BCUT2D eigenvalue weighted by Gasteiger charge is -2.28. The van der Waals surface area contributed by atoms with E-state index in [9.17, 15) is 9.59 Å². The molecule has 0 radical (unpaired) electrons. The van der Waals surface area contributed by atoms with Gasteiger partial charge in [0.2, 0.25) is 0 Å². The monoisotopic (exact) mass is 310 g/mol. The van der Waals surface area contributed by atoms with Gasteiger partial charge in [0.1, 0.15) is 0 Å². The van der Waals surface area contributed by atoms with Gasteiger partial charge in [0, 0.05) is 24.5 Å². The molecule has 1 aromatic heterocycles. The van der Waals surface area contributed by atoms with Gasteiger partial charge in [0.25, 0.3) is 0 Å². The van der Waals surface area contributed by atoms with Crippen molar-refractivity contribution in [2.75, 3.05) is 13.6 Å². The van der Waals surface area contributed by atoms with Crippen molar-refractivity contribution in [3.63, 3.8) is 0 Å². The SMILES string of the molecule is CN(CCc1cccs1)C(=O)NC1CCC(C(=O)O)CC1. The van der Waals surface area contributed by atoms with Crippen molar-refractivity contribution in [1.82, 2.24) is 10.2 Å². The van der Waals surface area contributed by atoms with E-state index in [4.69, 9.17) is 5.11 Å². The summed E-state index contributed by atoms with van der Waals surface area (Å²) in [6, 6.07) is 4.13. The molecule has 0 aliphatic heterocycles. The smallest absolute Gasteiger partial charge is 0.317 e. The van der Waals surface area contributed by atoms with Gasteiger partial charge in [-0.1, -0.05) is 6.07 Å². The normalized spacial score (nSPS) is 21.8. The van der Waals surface area contributed by atoms with Crippen molar-refractivity contribution in [3.8, 4) is 0 Å². The van der Waals surface area contributed by atoms with Crippen LogP contribution >= 0.6 is 11.3 Å². The summed E-state index contributed by atoms with van der Waals surface area (Å²) >= 11 is 1.70. The summed E-state index contributed by atoms with van der Waals surface area (Å²) in [5, 5.41) is 14.0. The quantitative estimate of drug-likeness (QED) is 0.878. The van der Waals surface area contributed by atoms with Crippen LogP contribution in [0.2, 0.25) is 0 Å². The van der Waals surface area contributed by atoms with Crippen LogP contribution in [-0.2, 0) is 11.2 Å². The van der Waals surface area contributed by atoms with Crippen LogP contribution < -0.4 is 5.32 Å². The van der Waals surface area contributed by atoms with Crippen molar-refractivity contribution < 1.29 is 14.7 Å². The van der Waals surface area contributed by atoms with Crippen LogP contribution in [0, 0.1) is 5.92 Å². The van der Waals surface area contributed by atoms with Gasteiger partial charge >= 0.3 is 12.0 Å². The molecule has 2 N–H and O–H groups in total. The number of carbonyl (C=O) groups excluding carboxylic acids is 1. The molecule has 0 aromatic carbocycles. The molecule has 1 aliphatic carbocycles. The van der Waals surface area contributed by atoms with Gasteiger partial charge in [-0.3, -0.25) is 4.79 Å². The number of carboxylic acid groups (broad SMARTS) is 1. The predicted molar refractivity (Wildman–Crippen MR) is 82.6 cm³/mol. The number of nitrogens with one attached hydrogen (secondary N) is 1. The Labute approximate surface area is 129 Å². The number of hydrogen-bond acceptors (Lipinski definition) is 3. The topological polar surface area (TPSA) is 69.6 Å². The number of hydrogen-bond donors (Lipinski definition) is 2. The van der Waals surface area contributed by atoms with E-state index >= 15 is 0 Å². The number of carboxylic acids is 1. The van der Waals surface area contributed by atoms with Crippen molar-refractivity contribution in [2.45, 2.75) is 38.1 Å². The van der Waals surface area contributed by atoms with E-state index in [-0.39, 0.29) is 18.0 Å². The third kappa shape index (κ3) is 4.74. The molecule has 1 saturated carbocycles. The summed E-state index contributed by atoms with van der Waals surface area (Å²) in [4.78, 5) is 26.0. The molecule has 2 amide bonds. The minimum atomic E-state index is -0.715. The maximum Gasteiger partial charge on any atom is 0.317 e. The Kier molecular flexibility index (Phi) is 5.61. The third-order valence-corrected chi connectivity index (χ3v) is 4.96. The van der Waals surface area contributed by atoms with Crippen LogP contribution in [0.5, 0.6) is 0 Å². The van der Waals surface area contributed by atoms with Gasteiger partial charge in [-0.15, -0.1) is 11.3 Å². The fourth-order valence-electron chi connectivity index (χ4n) is 2.60. The first-order valence-corrected chi connectivity index (χ1v) is 8.21. The Bertz CT molecular complexity index is 467. The minimum absolute atomic E-state index is 0.0645. The van der Waals surface area contributed by atoms with Crippen molar-refractivity contribution >= 4 is 23.3 Å². The molecule has 0 spiro atoms. The summed E-state index contributed by atoms with van der Waals surface area (Å²) in [5.74, 6) is -0.956. The van der Waals surface area contributed by atoms with E-state index < -0.39 is 5.97 Å². The van der Waals surface area contributed by atoms with E-state index in [0.29, 0.717) is 19.4 Å². The van der Waals surface area contributed by atoms with Gasteiger partial charge in [0.05, 0.1) is 5.92 Å². The van der Waals surface area contributed by atoms with Crippen molar-refractivity contribution in [1.29, 1.82) is 0 Å². The highest BCUT2D eigenvalue weighted by atomic mass is 32.1. The lowest BCUT2D eigenvalue weighted by atomic mass is 9.86. The lowest BCUT2D eigenvalue weighted by molar-refractivity contribution is -0.142. The molecule has 5 nitrogen and oxygen atoms in total. The fraction of sp³-hybridized carbons (Fsp3) is 0.600. The highest BCUT2D eigenvalue weighted by Gasteiger charge is 2.27. The number of nitrogens with zero attached hydrogens (tertiary/aromatic N) is 1. The first-order valence-electron chi connectivity index (χ1n) is 7.33. The van der Waals surface area contributed by atoms with E-state index in [0.717, 1.165) is 19.3 Å². The van der Waals surface area contributed by atoms with Gasteiger partial charge < -0.3 is 15.3 Å². The number of amides is 2. The Morgan fingerprint density at radius 2 is 2.10 bits per heavy atom. The summed E-state index contributed by atoms with van der Waals surface area (Å²) in [6.07, 6.45) is 3.68. The zero-order chi connectivity index (χ0) is 15.2. The molecular formula is C15H22N2O3S. The number of carbonyl (C=O) groups is 2. The average molecular weight is 310 g/mol.